The molecule has 0 unspecified atom stereocenters. The van der Waals surface area contributed by atoms with Crippen LogP contribution in [-0.2, 0) is 6.42 Å². The first-order valence-electron chi connectivity index (χ1n) is 9.66. The molecule has 148 valence electrons. The maximum absolute atomic E-state index is 14.8. The highest BCUT2D eigenvalue weighted by Crippen LogP contribution is 2.31. The molecular formula is C26H24F2O. The molecule has 0 radical (unpaired) electrons. The average Bonchev–Trinajstić information content (AvgIpc) is 2.77. The van der Waals surface area contributed by atoms with Crippen molar-refractivity contribution >= 4 is 22.4 Å². The Kier molecular flexibility index (Phi) is 6.96. The smallest absolute Gasteiger partial charge is 0.166 e. The van der Waals surface area contributed by atoms with Gasteiger partial charge in [-0.25, -0.2) is 8.78 Å². The van der Waals surface area contributed by atoms with Crippen molar-refractivity contribution in [2.24, 2.45) is 0 Å². The summed E-state index contributed by atoms with van der Waals surface area (Å²) in [5.41, 5.74) is 1.52. The van der Waals surface area contributed by atoms with Crippen LogP contribution in [0.25, 0.3) is 22.4 Å². The fraction of sp³-hybridized carbons (Fsp3) is 0.154. The van der Waals surface area contributed by atoms with E-state index in [1.165, 1.54) is 0 Å². The second-order valence-electron chi connectivity index (χ2n) is 6.76. The van der Waals surface area contributed by atoms with Crippen LogP contribution in [0.5, 0.6) is 5.75 Å². The number of halogens is 2. The maximum atomic E-state index is 14.8. The van der Waals surface area contributed by atoms with E-state index in [2.05, 4.69) is 6.58 Å². The summed E-state index contributed by atoms with van der Waals surface area (Å²) in [5.74, 6) is -0.979. The molecule has 3 heteroatoms. The van der Waals surface area contributed by atoms with E-state index in [1.807, 2.05) is 55.5 Å². The Morgan fingerprint density at radius 3 is 2.28 bits per heavy atom. The number of aryl methyl sites for hydroxylation is 1. The highest BCUT2D eigenvalue weighted by atomic mass is 19.2. The second kappa shape index (κ2) is 9.83. The summed E-state index contributed by atoms with van der Waals surface area (Å²) in [6.45, 7) is 6.12. The van der Waals surface area contributed by atoms with Crippen LogP contribution in [0.3, 0.4) is 0 Å². The molecular weight excluding hydrogens is 366 g/mol. The van der Waals surface area contributed by atoms with Crippen molar-refractivity contribution in [2.75, 3.05) is 6.61 Å². The van der Waals surface area contributed by atoms with Gasteiger partial charge in [-0.1, -0.05) is 60.7 Å². The lowest BCUT2D eigenvalue weighted by Crippen LogP contribution is -1.93. The first-order chi connectivity index (χ1) is 14.1. The van der Waals surface area contributed by atoms with Crippen LogP contribution in [0.4, 0.5) is 8.78 Å². The van der Waals surface area contributed by atoms with Crippen LogP contribution < -0.4 is 4.74 Å². The largest absolute Gasteiger partial charge is 0.490 e. The van der Waals surface area contributed by atoms with Crippen LogP contribution >= 0.6 is 0 Å². The molecule has 0 aliphatic carbocycles. The molecule has 0 atom stereocenters. The summed E-state index contributed by atoms with van der Waals surface area (Å²) >= 11 is 0. The molecule has 0 spiro atoms. The fourth-order valence-electron chi connectivity index (χ4n) is 3.03. The van der Waals surface area contributed by atoms with Gasteiger partial charge in [0.05, 0.1) is 0 Å². The molecule has 3 aromatic rings. The van der Waals surface area contributed by atoms with Gasteiger partial charge in [0, 0.05) is 11.1 Å². The van der Waals surface area contributed by atoms with Crippen LogP contribution in [0.1, 0.15) is 30.0 Å². The van der Waals surface area contributed by atoms with E-state index in [0.717, 1.165) is 34.9 Å². The Morgan fingerprint density at radius 2 is 1.55 bits per heavy atom. The Balaban J connectivity index is 1.84. The molecule has 0 fully saturated rings. The standard InChI is InChI=1S/C26H24F2O/c1-3-5-7-19-8-10-20(11-9-19)25(27)26(28)23-13-12-22-18-24(29-16-6-4-2)15-14-21(22)17-23/h3-4,6,8-15,17-18H,1,5,7,16H2,2H3. The van der Waals surface area contributed by atoms with E-state index in [4.69, 9.17) is 4.74 Å². The number of hydrogen-bond donors (Lipinski definition) is 0. The van der Waals surface area contributed by atoms with E-state index in [1.54, 1.807) is 30.3 Å². The topological polar surface area (TPSA) is 9.23 Å². The highest BCUT2D eigenvalue weighted by molar-refractivity contribution is 5.90. The maximum Gasteiger partial charge on any atom is 0.166 e. The van der Waals surface area contributed by atoms with Gasteiger partial charge in [-0.2, -0.15) is 0 Å². The fourth-order valence-corrected chi connectivity index (χ4v) is 3.03. The summed E-state index contributed by atoms with van der Waals surface area (Å²) in [4.78, 5) is 0. The van der Waals surface area contributed by atoms with Gasteiger partial charge >= 0.3 is 0 Å². The zero-order valence-electron chi connectivity index (χ0n) is 16.5. The van der Waals surface area contributed by atoms with E-state index < -0.39 is 11.7 Å². The van der Waals surface area contributed by atoms with E-state index in [9.17, 15) is 8.78 Å². The van der Waals surface area contributed by atoms with E-state index in [-0.39, 0.29) is 11.1 Å². The average molecular weight is 390 g/mol. The van der Waals surface area contributed by atoms with Crippen molar-refractivity contribution in [2.45, 2.75) is 19.8 Å². The molecule has 1 nitrogen and oxygen atoms in total. The lowest BCUT2D eigenvalue weighted by molar-refractivity contribution is 0.363. The lowest BCUT2D eigenvalue weighted by Gasteiger charge is -2.07. The summed E-state index contributed by atoms with van der Waals surface area (Å²) in [6, 6.07) is 17.5. The number of ether oxygens (including phenoxy) is 1. The minimum Gasteiger partial charge on any atom is -0.490 e. The van der Waals surface area contributed by atoms with Gasteiger partial charge < -0.3 is 4.74 Å². The van der Waals surface area contributed by atoms with Gasteiger partial charge in [-0.3, -0.25) is 0 Å². The van der Waals surface area contributed by atoms with E-state index in [0.29, 0.717) is 6.61 Å². The predicted molar refractivity (Wildman–Crippen MR) is 118 cm³/mol. The second-order valence-corrected chi connectivity index (χ2v) is 6.76. The van der Waals surface area contributed by atoms with Crippen molar-refractivity contribution < 1.29 is 13.5 Å². The first-order valence-corrected chi connectivity index (χ1v) is 9.66. The number of allylic oxidation sites excluding steroid dienone is 2. The zero-order valence-corrected chi connectivity index (χ0v) is 16.5. The molecule has 0 aromatic heterocycles. The SMILES string of the molecule is C=CCCc1ccc(C(F)=C(F)c2ccc3cc(OCC=CC)ccc3c2)cc1. The Bertz CT molecular complexity index is 1050. The van der Waals surface area contributed by atoms with Crippen LogP contribution in [0, 0.1) is 0 Å². The van der Waals surface area contributed by atoms with Crippen LogP contribution in [0.15, 0.2) is 85.5 Å². The molecule has 3 rings (SSSR count). The molecule has 3 aromatic carbocycles. The van der Waals surface area contributed by atoms with Gasteiger partial charge in [-0.15, -0.1) is 6.58 Å². The molecule has 0 aliphatic rings. The summed E-state index contributed by atoms with van der Waals surface area (Å²) in [5, 5.41) is 1.73. The molecule has 0 heterocycles. The number of benzene rings is 3. The summed E-state index contributed by atoms with van der Waals surface area (Å²) in [7, 11) is 0. The van der Waals surface area contributed by atoms with Crippen molar-refractivity contribution in [3.63, 3.8) is 0 Å². The van der Waals surface area contributed by atoms with Gasteiger partial charge in [0.1, 0.15) is 12.4 Å². The minimum atomic E-state index is -0.862. The van der Waals surface area contributed by atoms with Crippen molar-refractivity contribution in [1.82, 2.24) is 0 Å². The normalized spacial score (nSPS) is 12.2. The Labute approximate surface area is 170 Å². The molecule has 0 amide bonds. The third kappa shape index (κ3) is 5.20. The number of rotatable bonds is 8. The molecule has 0 saturated carbocycles. The Morgan fingerprint density at radius 1 is 0.897 bits per heavy atom. The lowest BCUT2D eigenvalue weighted by atomic mass is 10.0. The predicted octanol–water partition coefficient (Wildman–Crippen LogP) is 7.68. The zero-order chi connectivity index (χ0) is 20.6. The van der Waals surface area contributed by atoms with Crippen LogP contribution in [0.2, 0.25) is 0 Å². The first kappa shape index (κ1) is 20.5. The third-order valence-corrected chi connectivity index (χ3v) is 4.68. The van der Waals surface area contributed by atoms with Gasteiger partial charge in [0.25, 0.3) is 0 Å². The van der Waals surface area contributed by atoms with E-state index >= 15 is 0 Å². The van der Waals surface area contributed by atoms with Gasteiger partial charge in [0.2, 0.25) is 0 Å². The quantitative estimate of drug-likeness (QED) is 0.283. The summed E-state index contributed by atoms with van der Waals surface area (Å²) in [6.07, 6.45) is 7.37. The van der Waals surface area contributed by atoms with Crippen molar-refractivity contribution in [1.29, 1.82) is 0 Å². The van der Waals surface area contributed by atoms with Gasteiger partial charge in [0.15, 0.2) is 11.7 Å². The molecule has 0 aliphatic heterocycles. The highest BCUT2D eigenvalue weighted by Gasteiger charge is 2.12. The van der Waals surface area contributed by atoms with Gasteiger partial charge in [-0.05, 0) is 54.3 Å². The number of fused-ring (bicyclic) bond motifs is 1. The molecule has 0 saturated heterocycles. The minimum absolute atomic E-state index is 0.216. The van der Waals surface area contributed by atoms with Crippen molar-refractivity contribution in [3.8, 4) is 5.75 Å². The Hall–Kier alpha value is -3.20. The molecule has 0 bridgehead atoms. The van der Waals surface area contributed by atoms with Crippen molar-refractivity contribution in [3.05, 3.63) is 102 Å². The molecule has 29 heavy (non-hydrogen) atoms. The monoisotopic (exact) mass is 390 g/mol. The van der Waals surface area contributed by atoms with Crippen LogP contribution in [-0.4, -0.2) is 6.61 Å². The number of hydrogen-bond acceptors (Lipinski definition) is 1. The molecule has 0 N–H and O–H groups in total. The third-order valence-electron chi connectivity index (χ3n) is 4.68. The summed E-state index contributed by atoms with van der Waals surface area (Å²) < 4.78 is 35.1.